The Morgan fingerprint density at radius 3 is 2.86 bits per heavy atom. The molecular weight excluding hydrogens is 405 g/mol. The largest absolute Gasteiger partial charge is 0.508 e. The molecule has 2 aromatic carbocycles. The Labute approximate surface area is 166 Å². The van der Waals surface area contributed by atoms with Crippen LogP contribution in [0.1, 0.15) is 10.4 Å². The first-order chi connectivity index (χ1) is 13.5. The molecule has 0 unspecified atom stereocenters. The third kappa shape index (κ3) is 3.73. The minimum absolute atomic E-state index is 0.0140. The molecule has 0 saturated carbocycles. The van der Waals surface area contributed by atoms with E-state index in [2.05, 4.69) is 15.3 Å². The zero-order valence-electron chi connectivity index (χ0n) is 14.0. The molecule has 0 aliphatic carbocycles. The lowest BCUT2D eigenvalue weighted by Crippen LogP contribution is -2.21. The normalized spacial score (nSPS) is 11.7. The Kier molecular flexibility index (Phi) is 4.81. The number of nitrogens with one attached hydrogen (secondary N) is 1. The molecule has 0 spiro atoms. The quantitative estimate of drug-likeness (QED) is 0.499. The van der Waals surface area contributed by atoms with Crippen molar-refractivity contribution < 1.29 is 18.7 Å². The standard InChI is InChI=1S/C19H11ClFN3O3S/c20-11-2-4-15(14(21)8-11)23-18-13(17(26)24-19-22-5-6-28-19)7-10-1-3-12(25)9-16(10)27-18/h1-9,25H,(H,22,24,26). The number of thiazole rings is 1. The maximum absolute atomic E-state index is 14.2. The molecule has 2 heterocycles. The van der Waals surface area contributed by atoms with Gasteiger partial charge in [-0.15, -0.1) is 11.3 Å². The van der Waals surface area contributed by atoms with Crippen molar-refractivity contribution in [3.8, 4) is 5.75 Å². The lowest BCUT2D eigenvalue weighted by atomic mass is 10.1. The van der Waals surface area contributed by atoms with Gasteiger partial charge >= 0.3 is 0 Å². The summed E-state index contributed by atoms with van der Waals surface area (Å²) in [5.41, 5.74) is 0.214. The SMILES string of the molecule is O=C(Nc1nccs1)c1cc2ccc(O)cc2oc1=Nc1ccc(Cl)cc1F. The van der Waals surface area contributed by atoms with Gasteiger partial charge in [0.25, 0.3) is 5.91 Å². The predicted octanol–water partition coefficient (Wildman–Crippen LogP) is 4.87. The summed E-state index contributed by atoms with van der Waals surface area (Å²) >= 11 is 7.03. The second kappa shape index (κ2) is 7.41. The van der Waals surface area contributed by atoms with Gasteiger partial charge < -0.3 is 9.52 Å². The molecular formula is C19H11ClFN3O3S. The molecule has 0 saturated heterocycles. The van der Waals surface area contributed by atoms with E-state index >= 15 is 0 Å². The smallest absolute Gasteiger partial charge is 0.262 e. The summed E-state index contributed by atoms with van der Waals surface area (Å²) in [4.78, 5) is 20.9. The van der Waals surface area contributed by atoms with E-state index in [9.17, 15) is 14.3 Å². The highest BCUT2D eigenvalue weighted by Gasteiger charge is 2.15. The van der Waals surface area contributed by atoms with Crippen LogP contribution in [-0.4, -0.2) is 16.0 Å². The minimum Gasteiger partial charge on any atom is -0.508 e. The Hall–Kier alpha value is -3.23. The van der Waals surface area contributed by atoms with Gasteiger partial charge in [-0.3, -0.25) is 10.1 Å². The first kappa shape index (κ1) is 18.1. The van der Waals surface area contributed by atoms with Crippen molar-refractivity contribution in [2.24, 2.45) is 4.99 Å². The summed E-state index contributed by atoms with van der Waals surface area (Å²) in [6.45, 7) is 0. The number of carbonyl (C=O) groups is 1. The zero-order valence-corrected chi connectivity index (χ0v) is 15.6. The lowest BCUT2D eigenvalue weighted by molar-refractivity contribution is 0.102. The molecule has 6 nitrogen and oxygen atoms in total. The van der Waals surface area contributed by atoms with Gasteiger partial charge in [0.15, 0.2) is 5.13 Å². The zero-order chi connectivity index (χ0) is 19.7. The third-order valence-corrected chi connectivity index (χ3v) is 4.69. The fourth-order valence-electron chi connectivity index (χ4n) is 2.48. The van der Waals surface area contributed by atoms with Crippen molar-refractivity contribution in [1.29, 1.82) is 0 Å². The van der Waals surface area contributed by atoms with Crippen LogP contribution in [0.25, 0.3) is 11.0 Å². The van der Waals surface area contributed by atoms with Gasteiger partial charge in [0.2, 0.25) is 5.55 Å². The number of phenols is 1. The molecule has 140 valence electrons. The number of halogens is 2. The highest BCUT2D eigenvalue weighted by Crippen LogP contribution is 2.23. The van der Waals surface area contributed by atoms with Crippen LogP contribution in [0.15, 0.2) is 63.5 Å². The second-order valence-electron chi connectivity index (χ2n) is 5.69. The maximum Gasteiger partial charge on any atom is 0.262 e. The molecule has 0 aliphatic rings. The molecule has 4 rings (SSSR count). The summed E-state index contributed by atoms with van der Waals surface area (Å²) in [6.07, 6.45) is 1.56. The Bertz CT molecular complexity index is 1260. The number of rotatable bonds is 3. The van der Waals surface area contributed by atoms with Crippen molar-refractivity contribution in [1.82, 2.24) is 4.98 Å². The number of anilines is 1. The van der Waals surface area contributed by atoms with Crippen LogP contribution in [0.4, 0.5) is 15.2 Å². The molecule has 0 aliphatic heterocycles. The van der Waals surface area contributed by atoms with E-state index < -0.39 is 11.7 Å². The minimum atomic E-state index is -0.662. The summed E-state index contributed by atoms with van der Waals surface area (Å²) in [7, 11) is 0. The van der Waals surface area contributed by atoms with E-state index in [1.54, 1.807) is 23.7 Å². The molecule has 2 N–H and O–H groups in total. The van der Waals surface area contributed by atoms with Crippen molar-refractivity contribution >= 4 is 50.6 Å². The first-order valence-corrected chi connectivity index (χ1v) is 9.23. The van der Waals surface area contributed by atoms with Crippen LogP contribution in [0.3, 0.4) is 0 Å². The van der Waals surface area contributed by atoms with Crippen molar-refractivity contribution in [3.05, 3.63) is 76.0 Å². The molecule has 9 heteroatoms. The van der Waals surface area contributed by atoms with Crippen molar-refractivity contribution in [3.63, 3.8) is 0 Å². The number of carbonyl (C=O) groups excluding carboxylic acids is 1. The van der Waals surface area contributed by atoms with Crippen LogP contribution >= 0.6 is 22.9 Å². The fraction of sp³-hybridized carbons (Fsp3) is 0. The van der Waals surface area contributed by atoms with Crippen LogP contribution in [0.2, 0.25) is 5.02 Å². The molecule has 28 heavy (non-hydrogen) atoms. The van der Waals surface area contributed by atoms with Crippen LogP contribution in [0.5, 0.6) is 5.75 Å². The van der Waals surface area contributed by atoms with E-state index in [1.807, 2.05) is 0 Å². The molecule has 4 aromatic rings. The Balaban J connectivity index is 1.90. The average molecular weight is 416 g/mol. The van der Waals surface area contributed by atoms with Gasteiger partial charge in [0.05, 0.1) is 0 Å². The molecule has 2 aromatic heterocycles. The predicted molar refractivity (Wildman–Crippen MR) is 105 cm³/mol. The molecule has 1 amide bonds. The third-order valence-electron chi connectivity index (χ3n) is 3.76. The topological polar surface area (TPSA) is 87.7 Å². The van der Waals surface area contributed by atoms with Crippen LogP contribution < -0.4 is 10.9 Å². The van der Waals surface area contributed by atoms with Crippen molar-refractivity contribution in [2.75, 3.05) is 5.32 Å². The number of nitrogens with zero attached hydrogens (tertiary/aromatic N) is 2. The number of hydrogen-bond donors (Lipinski definition) is 2. The monoisotopic (exact) mass is 415 g/mol. The van der Waals surface area contributed by atoms with E-state index in [0.29, 0.717) is 16.1 Å². The Morgan fingerprint density at radius 2 is 2.11 bits per heavy atom. The number of aromatic hydroxyl groups is 1. The molecule has 0 fully saturated rings. The summed E-state index contributed by atoms with van der Waals surface area (Å²) in [5, 5.41) is 15.2. The first-order valence-electron chi connectivity index (χ1n) is 7.97. The van der Waals surface area contributed by atoms with E-state index in [-0.39, 0.29) is 27.6 Å². The second-order valence-corrected chi connectivity index (χ2v) is 7.02. The number of amides is 1. The van der Waals surface area contributed by atoms with Crippen LogP contribution in [-0.2, 0) is 0 Å². The molecule has 0 atom stereocenters. The van der Waals surface area contributed by atoms with Crippen molar-refractivity contribution in [2.45, 2.75) is 0 Å². The lowest BCUT2D eigenvalue weighted by Gasteiger charge is -2.06. The van der Waals surface area contributed by atoms with E-state index in [1.165, 1.54) is 35.6 Å². The average Bonchev–Trinajstić information content (AvgIpc) is 3.16. The van der Waals surface area contributed by atoms with Gasteiger partial charge in [-0.25, -0.2) is 14.4 Å². The van der Waals surface area contributed by atoms with Gasteiger partial charge in [0, 0.05) is 28.1 Å². The van der Waals surface area contributed by atoms with Gasteiger partial charge in [0.1, 0.15) is 28.4 Å². The summed E-state index contributed by atoms with van der Waals surface area (Å²) in [5.74, 6) is -1.19. The number of benzene rings is 2. The Morgan fingerprint density at radius 1 is 1.25 bits per heavy atom. The van der Waals surface area contributed by atoms with Gasteiger partial charge in [-0.2, -0.15) is 0 Å². The maximum atomic E-state index is 14.2. The summed E-state index contributed by atoms with van der Waals surface area (Å²) < 4.78 is 19.9. The number of aromatic nitrogens is 1. The van der Waals surface area contributed by atoms with E-state index in [4.69, 9.17) is 16.0 Å². The fourth-order valence-corrected chi connectivity index (χ4v) is 3.17. The number of hydrogen-bond acceptors (Lipinski definition) is 6. The van der Waals surface area contributed by atoms with Gasteiger partial charge in [-0.1, -0.05) is 11.6 Å². The van der Waals surface area contributed by atoms with Crippen LogP contribution in [0, 0.1) is 5.82 Å². The number of phenolic OH excluding ortho intramolecular Hbond substituents is 1. The molecule has 0 bridgehead atoms. The highest BCUT2D eigenvalue weighted by atomic mass is 35.5. The molecule has 0 radical (unpaired) electrons. The van der Waals surface area contributed by atoms with E-state index in [0.717, 1.165) is 6.07 Å². The van der Waals surface area contributed by atoms with Gasteiger partial charge in [-0.05, 0) is 36.4 Å². The highest BCUT2D eigenvalue weighted by molar-refractivity contribution is 7.13. The summed E-state index contributed by atoms with van der Waals surface area (Å²) in [6, 6.07) is 9.97. The number of fused-ring (bicyclic) bond motifs is 1.